The molecule has 5 heteroatoms. The summed E-state index contributed by atoms with van der Waals surface area (Å²) in [4.78, 5) is 10.5. The molecule has 1 heterocycles. The Balaban J connectivity index is 0.00000338. The molecule has 1 aliphatic rings. The van der Waals surface area contributed by atoms with Gasteiger partial charge < -0.3 is 16.1 Å². The Labute approximate surface area is 200 Å². The van der Waals surface area contributed by atoms with Gasteiger partial charge in [-0.3, -0.25) is 4.79 Å². The van der Waals surface area contributed by atoms with Crippen LogP contribution >= 0.6 is 0 Å². The van der Waals surface area contributed by atoms with Crippen LogP contribution in [-0.2, 0) is 17.6 Å². The number of furan rings is 1. The Morgan fingerprint density at radius 2 is 2.27 bits per heavy atom. The summed E-state index contributed by atoms with van der Waals surface area (Å²) in [6.07, 6.45) is 8.64. The van der Waals surface area contributed by atoms with Crippen molar-refractivity contribution in [1.29, 1.82) is 0 Å². The fraction of sp³-hybridized carbons (Fsp3) is 0.571. The molecule has 0 aliphatic heterocycles. The normalized spacial score (nSPS) is 17.9. The molecule has 0 amide bonds. The van der Waals surface area contributed by atoms with Crippen LogP contribution in [0.5, 0.6) is 0 Å². The molecule has 0 saturated heterocycles. The van der Waals surface area contributed by atoms with Crippen molar-refractivity contribution >= 4 is 5.97 Å². The summed E-state index contributed by atoms with van der Waals surface area (Å²) in [7, 11) is 0. The van der Waals surface area contributed by atoms with Crippen LogP contribution in [0.15, 0.2) is 22.6 Å². The van der Waals surface area contributed by atoms with E-state index in [0.29, 0.717) is 18.8 Å². The number of unbranched alkanes of at least 4 members (excludes halogenated alkanes) is 1. The number of carbonyl (C=O) groups is 1. The van der Waals surface area contributed by atoms with Crippen LogP contribution in [0.4, 0.5) is 0 Å². The number of fused-ring (bicyclic) bond motifs is 1. The van der Waals surface area contributed by atoms with Gasteiger partial charge in [0.25, 0.3) is 0 Å². The first-order valence-corrected chi connectivity index (χ1v) is 9.10. The van der Waals surface area contributed by atoms with Crippen LogP contribution in [0.3, 0.4) is 0 Å². The van der Waals surface area contributed by atoms with Gasteiger partial charge in [-0.2, -0.15) is 0 Å². The molecule has 1 unspecified atom stereocenters. The maximum Gasteiger partial charge on any atom is 1.00 e. The van der Waals surface area contributed by atoms with E-state index in [-0.39, 0.29) is 65.1 Å². The second-order valence-electron chi connectivity index (χ2n) is 6.82. The maximum absolute atomic E-state index is 10.5. The topological polar surface area (TPSA) is 70.7 Å². The van der Waals surface area contributed by atoms with Gasteiger partial charge in [-0.05, 0) is 38.2 Å². The van der Waals surface area contributed by atoms with Crippen LogP contribution in [-0.4, -0.2) is 22.3 Å². The average molecular weight is 385 g/mol. The molecule has 0 bridgehead atoms. The molecule has 0 spiro atoms. The monoisotopic (exact) mass is 384 g/mol. The molecule has 3 atom stereocenters. The fourth-order valence-corrected chi connectivity index (χ4v) is 3.17. The zero-order chi connectivity index (χ0) is 18.2. The number of aryl methyl sites for hydroxylation is 2. The fourth-order valence-electron chi connectivity index (χ4n) is 3.17. The van der Waals surface area contributed by atoms with Gasteiger partial charge in [0.15, 0.2) is 0 Å². The molecule has 1 aromatic rings. The molecular formula is C21H29KO4. The van der Waals surface area contributed by atoms with Crippen molar-refractivity contribution < 1.29 is 72.2 Å². The largest absolute Gasteiger partial charge is 1.00 e. The van der Waals surface area contributed by atoms with E-state index >= 15 is 0 Å². The molecule has 26 heavy (non-hydrogen) atoms. The third-order valence-electron chi connectivity index (χ3n) is 4.76. The number of aliphatic hydroxyl groups is 1. The smallest absolute Gasteiger partial charge is 1.00 e. The summed E-state index contributed by atoms with van der Waals surface area (Å²) >= 11 is 0. The SMILES string of the molecule is CC#CCC(C)[C@H](O)/C=C/[C@H]1CCc2oc(CCCCC(=O)O)cc21.[H-].[K+]. The van der Waals surface area contributed by atoms with Crippen LogP contribution < -0.4 is 51.4 Å². The van der Waals surface area contributed by atoms with Gasteiger partial charge in [0, 0.05) is 37.2 Å². The number of rotatable bonds is 9. The van der Waals surface area contributed by atoms with E-state index in [4.69, 9.17) is 9.52 Å². The van der Waals surface area contributed by atoms with Crippen molar-refractivity contribution in [2.45, 2.75) is 70.8 Å². The van der Waals surface area contributed by atoms with Gasteiger partial charge in [-0.15, -0.1) is 11.8 Å². The number of aliphatic hydroxyl groups excluding tert-OH is 1. The van der Waals surface area contributed by atoms with Gasteiger partial charge in [-0.25, -0.2) is 0 Å². The van der Waals surface area contributed by atoms with E-state index < -0.39 is 12.1 Å². The predicted molar refractivity (Wildman–Crippen MR) is 98.5 cm³/mol. The van der Waals surface area contributed by atoms with Gasteiger partial charge in [0.2, 0.25) is 0 Å². The van der Waals surface area contributed by atoms with Crippen molar-refractivity contribution in [2.75, 3.05) is 0 Å². The van der Waals surface area contributed by atoms with E-state index in [1.54, 1.807) is 0 Å². The zero-order valence-electron chi connectivity index (χ0n) is 17.1. The predicted octanol–water partition coefficient (Wildman–Crippen LogP) is 1.19. The number of allylic oxidation sites excluding steroid dienone is 1. The molecular weight excluding hydrogens is 355 g/mol. The van der Waals surface area contributed by atoms with Gasteiger partial charge in [0.05, 0.1) is 6.10 Å². The Morgan fingerprint density at radius 3 is 2.96 bits per heavy atom. The molecule has 0 fully saturated rings. The third kappa shape index (κ3) is 7.34. The van der Waals surface area contributed by atoms with Crippen molar-refractivity contribution in [2.24, 2.45) is 5.92 Å². The summed E-state index contributed by atoms with van der Waals surface area (Å²) in [5, 5.41) is 18.9. The molecule has 2 rings (SSSR count). The average Bonchev–Trinajstić information content (AvgIpc) is 3.14. The molecule has 1 aromatic heterocycles. The van der Waals surface area contributed by atoms with Crippen molar-refractivity contribution in [3.8, 4) is 11.8 Å². The van der Waals surface area contributed by atoms with E-state index in [0.717, 1.165) is 37.2 Å². The first-order chi connectivity index (χ1) is 12.0. The first kappa shape index (κ1) is 23.7. The Morgan fingerprint density at radius 1 is 1.50 bits per heavy atom. The standard InChI is InChI=1S/C21H28O4.K.H/c1-3-4-7-15(2)19(22)12-10-16-11-13-20-18(16)14-17(25-20)8-5-6-9-21(23)24;;/h10,12,14-16,19,22H,5-9,11,13H2,1-2H3,(H,23,24);;/q;+1;-1/b12-10+;;/t15?,16-,19+;;/m0../s1. The molecule has 0 radical (unpaired) electrons. The maximum atomic E-state index is 10.5. The third-order valence-corrected chi connectivity index (χ3v) is 4.76. The first-order valence-electron chi connectivity index (χ1n) is 9.10. The van der Waals surface area contributed by atoms with Gasteiger partial charge >= 0.3 is 57.4 Å². The van der Waals surface area contributed by atoms with Crippen LogP contribution in [0.1, 0.15) is 70.4 Å². The summed E-state index contributed by atoms with van der Waals surface area (Å²) in [6, 6.07) is 2.11. The minimum absolute atomic E-state index is 0. The number of carboxylic acids is 1. The minimum Gasteiger partial charge on any atom is -1.00 e. The van der Waals surface area contributed by atoms with E-state index in [2.05, 4.69) is 24.0 Å². The van der Waals surface area contributed by atoms with Crippen molar-refractivity contribution in [1.82, 2.24) is 0 Å². The summed E-state index contributed by atoms with van der Waals surface area (Å²) < 4.78 is 5.91. The number of aliphatic carboxylic acids is 1. The molecule has 138 valence electrons. The quantitative estimate of drug-likeness (QED) is 0.290. The summed E-state index contributed by atoms with van der Waals surface area (Å²) in [6.45, 7) is 3.82. The van der Waals surface area contributed by atoms with E-state index in [1.807, 2.05) is 19.9 Å². The van der Waals surface area contributed by atoms with E-state index in [9.17, 15) is 9.90 Å². The second kappa shape index (κ2) is 12.2. The van der Waals surface area contributed by atoms with E-state index in [1.165, 1.54) is 5.56 Å². The Hall–Kier alpha value is -0.354. The Kier molecular flexibility index (Phi) is 11.1. The summed E-state index contributed by atoms with van der Waals surface area (Å²) in [5.41, 5.74) is 1.22. The molecule has 4 nitrogen and oxygen atoms in total. The van der Waals surface area contributed by atoms with Crippen LogP contribution in [0.25, 0.3) is 0 Å². The molecule has 0 saturated carbocycles. The van der Waals surface area contributed by atoms with Crippen LogP contribution in [0.2, 0.25) is 0 Å². The zero-order valence-corrected chi connectivity index (χ0v) is 19.2. The Bertz CT molecular complexity index is 671. The molecule has 2 N–H and O–H groups in total. The number of hydrogen-bond donors (Lipinski definition) is 2. The number of hydrogen-bond acceptors (Lipinski definition) is 3. The van der Waals surface area contributed by atoms with Crippen molar-refractivity contribution in [3.05, 3.63) is 35.3 Å². The minimum atomic E-state index is -0.746. The summed E-state index contributed by atoms with van der Waals surface area (Å²) in [5.74, 6) is 7.54. The molecule has 1 aliphatic carbocycles. The second-order valence-corrected chi connectivity index (χ2v) is 6.82. The van der Waals surface area contributed by atoms with Gasteiger partial charge in [-0.1, -0.05) is 19.1 Å². The van der Waals surface area contributed by atoms with Crippen molar-refractivity contribution in [3.63, 3.8) is 0 Å². The van der Waals surface area contributed by atoms with Gasteiger partial charge in [0.1, 0.15) is 11.5 Å². The molecule has 0 aromatic carbocycles. The number of carboxylic acid groups (broad SMARTS) is 1. The van der Waals surface area contributed by atoms with Crippen LogP contribution in [0, 0.1) is 17.8 Å².